The van der Waals surface area contributed by atoms with E-state index >= 15 is 0 Å². The standard InChI is InChI=1S/C20H14Cl2N6O4/c21-15-5-13-14(6-16(15)22)20(32)27(19(13)31)8-18(30)24-7-17(29)26-11-1-3-12(4-2-11)28-10-23-9-25-28/h1-6,9-10H,7-8H2,(H,24,30)(H,26,29). The van der Waals surface area contributed by atoms with Crippen LogP contribution in [-0.2, 0) is 9.59 Å². The van der Waals surface area contributed by atoms with Gasteiger partial charge < -0.3 is 10.6 Å². The third kappa shape index (κ3) is 4.32. The molecule has 2 heterocycles. The van der Waals surface area contributed by atoms with Gasteiger partial charge in [-0.2, -0.15) is 5.10 Å². The molecule has 0 radical (unpaired) electrons. The van der Waals surface area contributed by atoms with Gasteiger partial charge in [-0.3, -0.25) is 24.1 Å². The van der Waals surface area contributed by atoms with E-state index in [0.29, 0.717) is 5.69 Å². The second kappa shape index (κ2) is 8.77. The lowest BCUT2D eigenvalue weighted by Crippen LogP contribution is -2.42. The van der Waals surface area contributed by atoms with E-state index in [1.165, 1.54) is 18.5 Å². The van der Waals surface area contributed by atoms with Gasteiger partial charge in [0, 0.05) is 5.69 Å². The van der Waals surface area contributed by atoms with Gasteiger partial charge >= 0.3 is 0 Å². The third-order valence-corrected chi connectivity index (χ3v) is 5.32. The molecule has 0 saturated carbocycles. The molecule has 10 nitrogen and oxygen atoms in total. The molecule has 0 aliphatic carbocycles. The van der Waals surface area contributed by atoms with Crippen molar-refractivity contribution in [2.75, 3.05) is 18.4 Å². The van der Waals surface area contributed by atoms with Gasteiger partial charge in [-0.1, -0.05) is 23.2 Å². The fraction of sp³-hybridized carbons (Fsp3) is 0.100. The molecule has 3 aromatic rings. The number of nitrogens with zero attached hydrogens (tertiary/aromatic N) is 4. The predicted molar refractivity (Wildman–Crippen MR) is 115 cm³/mol. The fourth-order valence-electron chi connectivity index (χ4n) is 3.05. The highest BCUT2D eigenvalue weighted by Crippen LogP contribution is 2.31. The maximum absolute atomic E-state index is 12.4. The molecule has 0 spiro atoms. The highest BCUT2D eigenvalue weighted by atomic mass is 35.5. The first kappa shape index (κ1) is 21.5. The summed E-state index contributed by atoms with van der Waals surface area (Å²) in [6.07, 6.45) is 2.95. The molecule has 0 saturated heterocycles. The lowest BCUT2D eigenvalue weighted by atomic mass is 10.1. The Morgan fingerprint density at radius 2 is 1.56 bits per heavy atom. The van der Waals surface area contributed by atoms with Crippen molar-refractivity contribution in [2.45, 2.75) is 0 Å². The minimum Gasteiger partial charge on any atom is -0.345 e. The number of carbonyl (C=O) groups excluding carboxylic acids is 4. The Labute approximate surface area is 191 Å². The number of anilines is 1. The average molecular weight is 473 g/mol. The van der Waals surface area contributed by atoms with Crippen LogP contribution < -0.4 is 10.6 Å². The number of nitrogens with one attached hydrogen (secondary N) is 2. The first-order chi connectivity index (χ1) is 15.3. The van der Waals surface area contributed by atoms with E-state index < -0.39 is 30.2 Å². The number of halogens is 2. The van der Waals surface area contributed by atoms with Crippen molar-refractivity contribution in [3.8, 4) is 5.69 Å². The molecule has 1 aliphatic heterocycles. The molecule has 4 rings (SSSR count). The zero-order valence-corrected chi connectivity index (χ0v) is 17.7. The minimum absolute atomic E-state index is 0.0734. The molecule has 0 fully saturated rings. The average Bonchev–Trinajstić information content (AvgIpc) is 3.38. The predicted octanol–water partition coefficient (Wildman–Crippen LogP) is 1.93. The number of carbonyl (C=O) groups is 4. The highest BCUT2D eigenvalue weighted by Gasteiger charge is 2.37. The number of hydrogen-bond acceptors (Lipinski definition) is 6. The van der Waals surface area contributed by atoms with Crippen LogP contribution in [-0.4, -0.2) is 56.4 Å². The van der Waals surface area contributed by atoms with E-state index in [1.54, 1.807) is 35.3 Å². The van der Waals surface area contributed by atoms with E-state index in [-0.39, 0.29) is 27.7 Å². The number of hydrogen-bond donors (Lipinski definition) is 2. The van der Waals surface area contributed by atoms with Crippen molar-refractivity contribution in [1.82, 2.24) is 25.0 Å². The zero-order valence-electron chi connectivity index (χ0n) is 16.2. The number of aromatic nitrogens is 3. The summed E-state index contributed by atoms with van der Waals surface area (Å²) in [6.45, 7) is -0.883. The second-order valence-electron chi connectivity index (χ2n) is 6.72. The molecule has 1 aliphatic rings. The largest absolute Gasteiger partial charge is 0.345 e. The Morgan fingerprint density at radius 1 is 0.938 bits per heavy atom. The third-order valence-electron chi connectivity index (χ3n) is 4.59. The van der Waals surface area contributed by atoms with Gasteiger partial charge in [0.1, 0.15) is 19.2 Å². The van der Waals surface area contributed by atoms with Crippen LogP contribution in [0.1, 0.15) is 20.7 Å². The van der Waals surface area contributed by atoms with Crippen LogP contribution in [0.4, 0.5) is 5.69 Å². The number of rotatable bonds is 6. The maximum atomic E-state index is 12.4. The van der Waals surface area contributed by atoms with Crippen molar-refractivity contribution in [2.24, 2.45) is 0 Å². The van der Waals surface area contributed by atoms with Crippen LogP contribution in [0, 0.1) is 0 Å². The molecule has 0 atom stereocenters. The molecule has 12 heteroatoms. The monoisotopic (exact) mass is 472 g/mol. The van der Waals surface area contributed by atoms with Crippen molar-refractivity contribution in [1.29, 1.82) is 0 Å². The number of amides is 4. The molecule has 0 unspecified atom stereocenters. The summed E-state index contributed by atoms with van der Waals surface area (Å²) in [6, 6.07) is 9.41. The molecule has 4 amide bonds. The number of fused-ring (bicyclic) bond motifs is 1. The van der Waals surface area contributed by atoms with Crippen molar-refractivity contribution < 1.29 is 19.2 Å². The normalized spacial score (nSPS) is 12.6. The molecule has 1 aromatic heterocycles. The van der Waals surface area contributed by atoms with Gasteiger partial charge in [0.05, 0.1) is 33.4 Å². The van der Waals surface area contributed by atoms with Crippen molar-refractivity contribution in [3.63, 3.8) is 0 Å². The second-order valence-corrected chi connectivity index (χ2v) is 7.53. The molecule has 0 bridgehead atoms. The van der Waals surface area contributed by atoms with E-state index in [4.69, 9.17) is 23.2 Å². The Bertz CT molecular complexity index is 1190. The topological polar surface area (TPSA) is 126 Å². The number of benzene rings is 2. The quantitative estimate of drug-likeness (QED) is 0.527. The Morgan fingerprint density at radius 3 is 2.12 bits per heavy atom. The molecule has 32 heavy (non-hydrogen) atoms. The summed E-state index contributed by atoms with van der Waals surface area (Å²) < 4.78 is 1.56. The minimum atomic E-state index is -0.673. The smallest absolute Gasteiger partial charge is 0.262 e. The summed E-state index contributed by atoms with van der Waals surface area (Å²) in [7, 11) is 0. The van der Waals surface area contributed by atoms with Crippen LogP contribution in [0.25, 0.3) is 5.69 Å². The summed E-state index contributed by atoms with van der Waals surface area (Å²) in [5.41, 5.74) is 1.42. The van der Waals surface area contributed by atoms with E-state index in [2.05, 4.69) is 20.7 Å². The summed E-state index contributed by atoms with van der Waals surface area (Å²) in [4.78, 5) is 53.8. The summed E-state index contributed by atoms with van der Waals surface area (Å²) in [5.74, 6) is -2.47. The van der Waals surface area contributed by atoms with Gasteiger partial charge in [-0.15, -0.1) is 0 Å². The van der Waals surface area contributed by atoms with Gasteiger partial charge in [-0.05, 0) is 36.4 Å². The van der Waals surface area contributed by atoms with E-state index in [9.17, 15) is 19.2 Å². The maximum Gasteiger partial charge on any atom is 0.262 e. The lowest BCUT2D eigenvalue weighted by molar-refractivity contribution is -0.124. The van der Waals surface area contributed by atoms with E-state index in [1.807, 2.05) is 0 Å². The fourth-order valence-corrected chi connectivity index (χ4v) is 3.38. The Hall–Kier alpha value is -3.76. The molecular formula is C20H14Cl2N6O4. The van der Waals surface area contributed by atoms with Crippen LogP contribution in [0.15, 0.2) is 49.1 Å². The van der Waals surface area contributed by atoms with Crippen molar-refractivity contribution in [3.05, 3.63) is 70.2 Å². The number of imide groups is 1. The SMILES string of the molecule is O=C(CN1C(=O)c2cc(Cl)c(Cl)cc2C1=O)NCC(=O)Nc1ccc(-n2cncn2)cc1. The van der Waals surface area contributed by atoms with Crippen LogP contribution in [0.5, 0.6) is 0 Å². The van der Waals surface area contributed by atoms with Crippen LogP contribution in [0.3, 0.4) is 0 Å². The van der Waals surface area contributed by atoms with Gasteiger partial charge in [0.15, 0.2) is 0 Å². The van der Waals surface area contributed by atoms with Crippen LogP contribution >= 0.6 is 23.2 Å². The molecule has 2 aromatic carbocycles. The first-order valence-electron chi connectivity index (χ1n) is 9.20. The Balaban J connectivity index is 1.30. The van der Waals surface area contributed by atoms with Crippen molar-refractivity contribution >= 4 is 52.5 Å². The van der Waals surface area contributed by atoms with E-state index in [0.717, 1.165) is 10.6 Å². The Kier molecular flexibility index (Phi) is 5.89. The highest BCUT2D eigenvalue weighted by molar-refractivity contribution is 6.43. The molecular weight excluding hydrogens is 459 g/mol. The van der Waals surface area contributed by atoms with Gasteiger partial charge in [0.25, 0.3) is 11.8 Å². The van der Waals surface area contributed by atoms with Gasteiger partial charge in [-0.25, -0.2) is 9.67 Å². The molecule has 2 N–H and O–H groups in total. The first-order valence-corrected chi connectivity index (χ1v) is 9.96. The molecule has 162 valence electrons. The lowest BCUT2D eigenvalue weighted by Gasteiger charge is -2.13. The van der Waals surface area contributed by atoms with Crippen LogP contribution in [0.2, 0.25) is 10.0 Å². The summed E-state index contributed by atoms with van der Waals surface area (Å²) >= 11 is 11.8. The summed E-state index contributed by atoms with van der Waals surface area (Å²) in [5, 5.41) is 9.28. The van der Waals surface area contributed by atoms with Gasteiger partial charge in [0.2, 0.25) is 11.8 Å². The zero-order chi connectivity index (χ0) is 22.8.